The molecule has 1 aliphatic heterocycles. The van der Waals surface area contributed by atoms with Gasteiger partial charge in [-0.25, -0.2) is 14.5 Å². The normalized spacial score (nSPS) is 13.1. The Hall–Kier alpha value is -3.94. The lowest BCUT2D eigenvalue weighted by Crippen LogP contribution is -2.18. The average molecular weight is 386 g/mol. The molecule has 2 N–H and O–H groups in total. The van der Waals surface area contributed by atoms with Crippen molar-refractivity contribution in [2.75, 3.05) is 17.7 Å². The van der Waals surface area contributed by atoms with Crippen LogP contribution in [0.1, 0.15) is 12.0 Å². The van der Waals surface area contributed by atoms with Crippen LogP contribution < -0.4 is 15.4 Å². The quantitative estimate of drug-likeness (QED) is 0.558. The first-order chi connectivity index (χ1) is 14.2. The van der Waals surface area contributed by atoms with Crippen LogP contribution in [0.4, 0.5) is 17.3 Å². The van der Waals surface area contributed by atoms with E-state index < -0.39 is 0 Å². The van der Waals surface area contributed by atoms with Crippen LogP contribution in [0.25, 0.3) is 16.8 Å². The second-order valence-corrected chi connectivity index (χ2v) is 6.77. The fourth-order valence-electron chi connectivity index (χ4n) is 3.41. The van der Waals surface area contributed by atoms with Crippen LogP contribution >= 0.6 is 0 Å². The summed E-state index contributed by atoms with van der Waals surface area (Å²) in [5.74, 6) is 1.06. The summed E-state index contributed by atoms with van der Waals surface area (Å²) in [7, 11) is 1.59. The molecule has 1 aliphatic rings. The summed E-state index contributed by atoms with van der Waals surface area (Å²) in [4.78, 5) is 20.3. The number of carbonyl (C=O) groups excluding carboxylic acids is 1. The number of fused-ring (bicyclic) bond motifs is 2. The van der Waals surface area contributed by atoms with Crippen LogP contribution in [0.15, 0.2) is 54.9 Å². The summed E-state index contributed by atoms with van der Waals surface area (Å²) in [6, 6.07) is 13.6. The zero-order valence-corrected chi connectivity index (χ0v) is 15.7. The highest BCUT2D eigenvalue weighted by atomic mass is 16.5. The maximum Gasteiger partial charge on any atom is 0.245 e. The van der Waals surface area contributed by atoms with Crippen molar-refractivity contribution in [3.63, 3.8) is 0 Å². The fraction of sp³-hybridized carbons (Fsp3) is 0.143. The third-order valence-electron chi connectivity index (χ3n) is 4.90. The molecule has 29 heavy (non-hydrogen) atoms. The Morgan fingerprint density at radius 3 is 2.83 bits per heavy atom. The second kappa shape index (κ2) is 6.90. The van der Waals surface area contributed by atoms with E-state index in [-0.39, 0.29) is 5.91 Å². The summed E-state index contributed by atoms with van der Waals surface area (Å²) in [6.45, 7) is 0. The van der Waals surface area contributed by atoms with Gasteiger partial charge in [0.05, 0.1) is 24.5 Å². The van der Waals surface area contributed by atoms with E-state index in [0.717, 1.165) is 40.1 Å². The maximum absolute atomic E-state index is 11.7. The van der Waals surface area contributed by atoms with Crippen molar-refractivity contribution >= 4 is 28.7 Å². The van der Waals surface area contributed by atoms with E-state index in [0.29, 0.717) is 18.2 Å². The highest BCUT2D eigenvalue weighted by Gasteiger charge is 2.15. The van der Waals surface area contributed by atoms with E-state index in [9.17, 15) is 4.79 Å². The lowest BCUT2D eigenvalue weighted by molar-refractivity contribution is -0.116. The first kappa shape index (κ1) is 17.2. The average Bonchev–Trinajstić information content (AvgIpc) is 3.17. The molecule has 0 atom stereocenters. The molecule has 0 saturated heterocycles. The van der Waals surface area contributed by atoms with Crippen molar-refractivity contribution < 1.29 is 9.53 Å². The van der Waals surface area contributed by atoms with Gasteiger partial charge in [0.15, 0.2) is 0 Å². The number of rotatable bonds is 4. The number of aromatic nitrogens is 4. The molecule has 0 radical (unpaired) electrons. The van der Waals surface area contributed by atoms with Gasteiger partial charge < -0.3 is 15.4 Å². The predicted octanol–water partition coefficient (Wildman–Crippen LogP) is 3.43. The van der Waals surface area contributed by atoms with Crippen LogP contribution in [0.2, 0.25) is 0 Å². The number of benzene rings is 1. The number of aryl methyl sites for hydroxylation is 1. The third-order valence-corrected chi connectivity index (χ3v) is 4.90. The number of hydrogen-bond donors (Lipinski definition) is 2. The van der Waals surface area contributed by atoms with Crippen molar-refractivity contribution in [3.8, 4) is 17.1 Å². The van der Waals surface area contributed by atoms with Crippen LogP contribution in [0.5, 0.6) is 5.88 Å². The van der Waals surface area contributed by atoms with Gasteiger partial charge in [0.1, 0.15) is 0 Å². The van der Waals surface area contributed by atoms with Crippen LogP contribution in [-0.4, -0.2) is 32.6 Å². The number of methoxy groups -OCH3 is 1. The lowest BCUT2D eigenvalue weighted by atomic mass is 10.0. The molecule has 0 unspecified atom stereocenters. The van der Waals surface area contributed by atoms with Gasteiger partial charge in [-0.2, -0.15) is 0 Å². The molecule has 8 heteroatoms. The molecule has 0 bridgehead atoms. The molecule has 4 heterocycles. The standard InChI is InChI=1S/C21H18N6O2/c1-29-20-9-4-14(11-22-20)18-7-6-16-12-23-21(26-27(16)18)24-15-5-2-13-3-8-19(28)25-17(13)10-15/h2,4-7,9-12H,3,8H2,1H3,(H,24,26)(H,25,28). The topological polar surface area (TPSA) is 93.4 Å². The summed E-state index contributed by atoms with van der Waals surface area (Å²) < 4.78 is 6.94. The molecular formula is C21H18N6O2. The van der Waals surface area contributed by atoms with Gasteiger partial charge in [0.2, 0.25) is 17.7 Å². The molecule has 0 fully saturated rings. The first-order valence-corrected chi connectivity index (χ1v) is 9.24. The van der Waals surface area contributed by atoms with Gasteiger partial charge in [-0.3, -0.25) is 4.79 Å². The lowest BCUT2D eigenvalue weighted by Gasteiger charge is -2.17. The Morgan fingerprint density at radius 2 is 2.00 bits per heavy atom. The Labute approximate surface area is 166 Å². The molecule has 1 aromatic carbocycles. The summed E-state index contributed by atoms with van der Waals surface area (Å²) in [5, 5.41) is 10.8. The van der Waals surface area contributed by atoms with Gasteiger partial charge in [0.25, 0.3) is 0 Å². The minimum atomic E-state index is 0.0393. The Morgan fingerprint density at radius 1 is 1.07 bits per heavy atom. The van der Waals surface area contributed by atoms with Crippen molar-refractivity contribution in [1.29, 1.82) is 0 Å². The van der Waals surface area contributed by atoms with Crippen LogP contribution in [0.3, 0.4) is 0 Å². The number of nitrogens with zero attached hydrogens (tertiary/aromatic N) is 4. The minimum Gasteiger partial charge on any atom is -0.481 e. The summed E-state index contributed by atoms with van der Waals surface area (Å²) in [6.07, 6.45) is 4.79. The Balaban J connectivity index is 1.47. The highest BCUT2D eigenvalue weighted by Crippen LogP contribution is 2.27. The first-order valence-electron chi connectivity index (χ1n) is 9.24. The van der Waals surface area contributed by atoms with Gasteiger partial charge in [-0.15, -0.1) is 5.10 Å². The molecule has 4 aromatic rings. The van der Waals surface area contributed by atoms with Gasteiger partial charge in [0, 0.05) is 35.6 Å². The third kappa shape index (κ3) is 3.25. The largest absolute Gasteiger partial charge is 0.481 e. The Kier molecular flexibility index (Phi) is 4.09. The number of hydrogen-bond acceptors (Lipinski definition) is 6. The van der Waals surface area contributed by atoms with Crippen LogP contribution in [0, 0.1) is 0 Å². The fourth-order valence-corrected chi connectivity index (χ4v) is 3.41. The molecular weight excluding hydrogens is 368 g/mol. The van der Waals surface area contributed by atoms with Crippen molar-refractivity contribution in [1.82, 2.24) is 19.6 Å². The van der Waals surface area contributed by atoms with E-state index >= 15 is 0 Å². The molecule has 5 rings (SSSR count). The second-order valence-electron chi connectivity index (χ2n) is 6.77. The Bertz CT molecular complexity index is 1220. The van der Waals surface area contributed by atoms with Crippen molar-refractivity contribution in [2.24, 2.45) is 0 Å². The predicted molar refractivity (Wildman–Crippen MR) is 109 cm³/mol. The zero-order chi connectivity index (χ0) is 19.8. The number of anilines is 3. The molecule has 3 aromatic heterocycles. The number of pyridine rings is 1. The monoisotopic (exact) mass is 386 g/mol. The summed E-state index contributed by atoms with van der Waals surface area (Å²) in [5.41, 5.74) is 5.47. The van der Waals surface area contributed by atoms with E-state index in [1.807, 2.05) is 47.0 Å². The van der Waals surface area contributed by atoms with Gasteiger partial charge >= 0.3 is 0 Å². The maximum atomic E-state index is 11.7. The van der Waals surface area contributed by atoms with E-state index in [4.69, 9.17) is 4.74 Å². The highest BCUT2D eigenvalue weighted by molar-refractivity contribution is 5.94. The van der Waals surface area contributed by atoms with Crippen LogP contribution in [-0.2, 0) is 11.2 Å². The number of nitrogens with one attached hydrogen (secondary N) is 2. The van der Waals surface area contributed by atoms with Crippen molar-refractivity contribution in [2.45, 2.75) is 12.8 Å². The molecule has 144 valence electrons. The molecule has 0 spiro atoms. The van der Waals surface area contributed by atoms with Gasteiger partial charge in [-0.1, -0.05) is 6.07 Å². The van der Waals surface area contributed by atoms with E-state index in [1.165, 1.54) is 0 Å². The molecule has 0 saturated carbocycles. The molecule has 1 amide bonds. The minimum absolute atomic E-state index is 0.0393. The number of carbonyl (C=O) groups is 1. The smallest absolute Gasteiger partial charge is 0.245 e. The molecule has 8 nitrogen and oxygen atoms in total. The summed E-state index contributed by atoms with van der Waals surface area (Å²) >= 11 is 0. The number of amides is 1. The zero-order valence-electron chi connectivity index (χ0n) is 15.7. The van der Waals surface area contributed by atoms with E-state index in [2.05, 4.69) is 25.7 Å². The van der Waals surface area contributed by atoms with Crippen molar-refractivity contribution in [3.05, 3.63) is 60.4 Å². The SMILES string of the molecule is COc1ccc(-c2ccc3cnc(Nc4ccc5c(c4)NC(=O)CC5)nn23)cn1. The van der Waals surface area contributed by atoms with E-state index in [1.54, 1.807) is 19.5 Å². The molecule has 0 aliphatic carbocycles. The number of ether oxygens (including phenoxy) is 1. The van der Waals surface area contributed by atoms with Gasteiger partial charge in [-0.05, 0) is 42.3 Å².